The molecule has 12 heteroatoms. The molecule has 4 saturated heterocycles. The normalized spacial score (nSPS) is 24.0. The third-order valence-corrected chi connectivity index (χ3v) is 20.6. The molecule has 0 N–H and O–H groups in total. The minimum atomic E-state index is -2.08. The second-order valence-electron chi connectivity index (χ2n) is 21.6. The van der Waals surface area contributed by atoms with Crippen LogP contribution in [0.25, 0.3) is 0 Å². The van der Waals surface area contributed by atoms with Gasteiger partial charge in [0, 0.05) is 64.2 Å². The van der Waals surface area contributed by atoms with Crippen molar-refractivity contribution < 1.29 is 52.3 Å². The molecule has 0 radical (unpaired) electrons. The van der Waals surface area contributed by atoms with E-state index in [1.165, 1.54) is 48.0 Å². The van der Waals surface area contributed by atoms with Gasteiger partial charge in [0.2, 0.25) is 0 Å². The number of carbonyl (C=O) groups excluding carboxylic acids is 4. The first-order valence-electron chi connectivity index (χ1n) is 29.3. The summed E-state index contributed by atoms with van der Waals surface area (Å²) in [6.07, 6.45) is 25.4. The molecule has 4 saturated carbocycles. The largest absolute Gasteiger partial charge is 0.466 e. The van der Waals surface area contributed by atoms with Gasteiger partial charge in [-0.2, -0.15) is 0 Å². The van der Waals surface area contributed by atoms with Crippen molar-refractivity contribution >= 4 is 51.9 Å². The average Bonchev–Trinajstić information content (AvgIpc) is 4.25. The van der Waals surface area contributed by atoms with Gasteiger partial charge in [0.25, 0.3) is 0 Å². The smallest absolute Gasteiger partial charge is 0.305 e. The molecule has 77 heavy (non-hydrogen) atoms. The lowest BCUT2D eigenvalue weighted by molar-refractivity contribution is -0.182. The molecule has 8 aliphatic rings. The zero-order valence-electron chi connectivity index (χ0n) is 47.4. The summed E-state index contributed by atoms with van der Waals surface area (Å²) < 4.78 is 38.4. The second kappa shape index (κ2) is 32.2. The highest BCUT2D eigenvalue weighted by Gasteiger charge is 2.41. The van der Waals surface area contributed by atoms with Gasteiger partial charge in [0.15, 0.2) is 28.9 Å². The van der Waals surface area contributed by atoms with Crippen LogP contribution in [0.4, 0.5) is 0 Å². The number of ketones is 3. The predicted octanol–water partition coefficient (Wildman–Crippen LogP) is 12.5. The van der Waals surface area contributed by atoms with Gasteiger partial charge in [-0.05, 0) is 106 Å². The quantitative estimate of drug-likeness (QED) is 0.0969. The molecule has 0 aromatic heterocycles. The molecular formula is C65H92O11P+. The van der Waals surface area contributed by atoms with E-state index in [9.17, 15) is 19.2 Å². The second-order valence-corrected chi connectivity index (χ2v) is 24.9. The van der Waals surface area contributed by atoms with Crippen LogP contribution in [-0.2, 0) is 52.3 Å². The van der Waals surface area contributed by atoms with Crippen LogP contribution in [0.5, 0.6) is 0 Å². The molecule has 3 aromatic rings. The first-order chi connectivity index (χ1) is 37.4. The van der Waals surface area contributed by atoms with Crippen molar-refractivity contribution in [3.8, 4) is 0 Å². The van der Waals surface area contributed by atoms with E-state index in [-0.39, 0.29) is 29.1 Å². The van der Waals surface area contributed by atoms with E-state index in [4.69, 9.17) is 33.2 Å². The first kappa shape index (κ1) is 62.0. The van der Waals surface area contributed by atoms with E-state index in [1.807, 2.05) is 60.4 Å². The number of rotatable bonds is 7. The van der Waals surface area contributed by atoms with Crippen molar-refractivity contribution in [3.63, 3.8) is 0 Å². The van der Waals surface area contributed by atoms with Crippen molar-refractivity contribution in [2.75, 3.05) is 46.2 Å². The number of allylic oxidation sites excluding steroid dienone is 2. The lowest BCUT2D eigenvalue weighted by Gasteiger charge is -2.34. The van der Waals surface area contributed by atoms with Crippen molar-refractivity contribution in [2.45, 2.75) is 187 Å². The summed E-state index contributed by atoms with van der Waals surface area (Å²) in [6, 6.07) is 31.1. The third kappa shape index (κ3) is 19.3. The zero-order chi connectivity index (χ0) is 54.8. The number of hydrogen-bond donors (Lipinski definition) is 0. The highest BCUT2D eigenvalue weighted by molar-refractivity contribution is 7.95. The SMILES string of the molecule is CC(=O)C=P(c1ccccc1)(c1ccccc1)c1ccccc1.CC=C1CCC2(CC1)OCCO2.CCC1CCC2(CC1)OCCO2.CCC1CCOC(=O)CC1.CCC1[CH+]CC(=O)CC1.O=C1CCC2(CC1)OCCO2. The van der Waals surface area contributed by atoms with Gasteiger partial charge in [0.05, 0.1) is 58.6 Å². The van der Waals surface area contributed by atoms with Crippen LogP contribution in [0.15, 0.2) is 103 Å². The van der Waals surface area contributed by atoms with Crippen molar-refractivity contribution in [2.24, 2.45) is 17.8 Å². The maximum absolute atomic E-state index is 12.2. The maximum Gasteiger partial charge on any atom is 0.305 e. The van der Waals surface area contributed by atoms with Gasteiger partial charge in [-0.1, -0.05) is 136 Å². The number of hydrogen-bond acceptors (Lipinski definition) is 11. The van der Waals surface area contributed by atoms with Crippen molar-refractivity contribution in [1.82, 2.24) is 0 Å². The average molecular weight is 1080 g/mol. The standard InChI is InChI=1S/C21H19OP.C10H18O2.C10H16O2.C8H12O3.C8H14O2.C8H13O/c1-18(22)17-23(19-11-5-2-6-12-19,20-13-7-3-8-14-20)21-15-9-4-10-16-21;2*1-2-9-3-5-10(6-4-9)11-7-8-12-10;9-7-1-3-8(4-2-7)10-5-6-11-8;1-2-7-3-4-8(9)10-6-5-7;1-2-7-3-5-8(9)6-4-7/h2-17H,1H3;9H,2-8H2,1H3;2H,3-8H2,1H3;1-6H2;7H,2-6H2,1H3;3,7H,2,4-6H2,1H3/q;;;;;+1. The summed E-state index contributed by atoms with van der Waals surface area (Å²) in [5, 5.41) is 3.60. The zero-order valence-corrected chi connectivity index (χ0v) is 48.3. The van der Waals surface area contributed by atoms with Crippen LogP contribution in [-0.4, -0.2) is 92.7 Å². The van der Waals surface area contributed by atoms with E-state index < -0.39 is 6.89 Å². The van der Waals surface area contributed by atoms with Crippen LogP contribution in [0.3, 0.4) is 0 Å². The van der Waals surface area contributed by atoms with E-state index in [0.29, 0.717) is 56.6 Å². The number of Topliss-reactive ketones (excluding diaryl/α,β-unsaturated/α-hetero) is 3. The molecule has 0 amide bonds. The number of esters is 1. The highest BCUT2D eigenvalue weighted by Crippen LogP contribution is 2.44. The first-order valence-corrected chi connectivity index (χ1v) is 31.2. The molecule has 8 fully saturated rings. The summed E-state index contributed by atoms with van der Waals surface area (Å²) in [5.41, 5.74) is 1.56. The molecule has 3 aromatic carbocycles. The van der Waals surface area contributed by atoms with Crippen LogP contribution in [0.2, 0.25) is 0 Å². The molecule has 3 spiro atoms. The summed E-state index contributed by atoms with van der Waals surface area (Å²) in [7, 11) is 0. The van der Waals surface area contributed by atoms with Gasteiger partial charge in [-0.15, -0.1) is 0 Å². The molecule has 2 unspecified atom stereocenters. The Morgan fingerprint density at radius 1 is 0.519 bits per heavy atom. The van der Waals surface area contributed by atoms with Crippen LogP contribution < -0.4 is 15.9 Å². The van der Waals surface area contributed by atoms with Gasteiger partial charge >= 0.3 is 5.97 Å². The highest BCUT2D eigenvalue weighted by atomic mass is 31.2. The van der Waals surface area contributed by atoms with Gasteiger partial charge < -0.3 is 33.2 Å². The number of carbonyl (C=O) groups is 4. The summed E-state index contributed by atoms with van der Waals surface area (Å²) >= 11 is 0. The van der Waals surface area contributed by atoms with E-state index >= 15 is 0 Å². The Hall–Kier alpha value is -4.19. The maximum atomic E-state index is 12.2. The Labute approximate surface area is 462 Å². The Balaban J connectivity index is 0.000000155. The molecule has 422 valence electrons. The summed E-state index contributed by atoms with van der Waals surface area (Å²) in [4.78, 5) is 44.5. The Kier molecular flexibility index (Phi) is 25.9. The number of ether oxygens (including phenoxy) is 7. The molecule has 4 heterocycles. The Morgan fingerprint density at radius 3 is 1.34 bits per heavy atom. The van der Waals surface area contributed by atoms with Crippen LogP contribution in [0.1, 0.15) is 169 Å². The monoisotopic (exact) mass is 1080 g/mol. The Bertz CT molecular complexity index is 2170. The fourth-order valence-corrected chi connectivity index (χ4v) is 15.3. The van der Waals surface area contributed by atoms with Crippen molar-refractivity contribution in [3.05, 3.63) is 109 Å². The van der Waals surface area contributed by atoms with Crippen LogP contribution >= 0.6 is 6.89 Å². The topological polar surface area (TPSA) is 133 Å². The summed E-state index contributed by atoms with van der Waals surface area (Å²) in [6.45, 7) is 13.5. The fraction of sp³-hybridized carbons (Fsp3) is 0.600. The number of cyclic esters (lactones) is 1. The molecule has 11 nitrogen and oxygen atoms in total. The molecule has 11 rings (SSSR count). The Morgan fingerprint density at radius 2 is 0.948 bits per heavy atom. The van der Waals surface area contributed by atoms with Gasteiger partial charge in [-0.3, -0.25) is 19.2 Å². The minimum Gasteiger partial charge on any atom is -0.466 e. The molecule has 0 bridgehead atoms. The van der Waals surface area contributed by atoms with E-state index in [0.717, 1.165) is 122 Å². The number of benzene rings is 3. The van der Waals surface area contributed by atoms with E-state index in [2.05, 4.69) is 76.6 Å². The molecule has 2 atom stereocenters. The lowest BCUT2D eigenvalue weighted by Crippen LogP contribution is -2.35. The molecule has 4 aliphatic carbocycles. The van der Waals surface area contributed by atoms with E-state index in [1.54, 1.807) is 12.5 Å². The van der Waals surface area contributed by atoms with Crippen molar-refractivity contribution in [1.29, 1.82) is 0 Å². The predicted molar refractivity (Wildman–Crippen MR) is 309 cm³/mol. The fourth-order valence-electron chi connectivity index (χ4n) is 11.5. The molecular weight excluding hydrogens is 988 g/mol. The summed E-state index contributed by atoms with van der Waals surface area (Å²) in [5.74, 6) is 4.44. The van der Waals surface area contributed by atoms with Gasteiger partial charge in [-0.25, -0.2) is 0 Å². The van der Waals surface area contributed by atoms with Gasteiger partial charge in [0.1, 0.15) is 12.2 Å². The van der Waals surface area contributed by atoms with Crippen LogP contribution in [0, 0.1) is 24.2 Å². The third-order valence-electron chi connectivity index (χ3n) is 16.5. The lowest BCUT2D eigenvalue weighted by atomic mass is 9.84. The minimum absolute atomic E-state index is 0.0176. The molecule has 4 aliphatic heterocycles.